The third-order valence-electron chi connectivity index (χ3n) is 3.71. The molecule has 2 atom stereocenters. The average Bonchev–Trinajstić information content (AvgIpc) is 3.18. The number of carbonyl (C=O) groups excluding carboxylic acids is 3. The molecule has 1 rings (SSSR count). The highest BCUT2D eigenvalue weighted by Crippen LogP contribution is 2.34. The third kappa shape index (κ3) is 5.13. The van der Waals surface area contributed by atoms with Crippen molar-refractivity contribution in [2.24, 2.45) is 17.8 Å². The lowest BCUT2D eigenvalue weighted by Gasteiger charge is -2.15. The predicted molar refractivity (Wildman–Crippen MR) is 71.6 cm³/mol. The molecule has 0 aromatic carbocycles. The van der Waals surface area contributed by atoms with Crippen LogP contribution in [0.5, 0.6) is 0 Å². The van der Waals surface area contributed by atoms with E-state index in [4.69, 9.17) is 4.74 Å². The summed E-state index contributed by atoms with van der Waals surface area (Å²) < 4.78 is 4.93. The number of esters is 1. The van der Waals surface area contributed by atoms with Gasteiger partial charge >= 0.3 is 5.97 Å². The molecule has 19 heavy (non-hydrogen) atoms. The maximum atomic E-state index is 12.1. The predicted octanol–water partition coefficient (Wildman–Crippen LogP) is 2.54. The minimum absolute atomic E-state index is 0.000602. The molecule has 0 N–H and O–H groups in total. The fourth-order valence-corrected chi connectivity index (χ4v) is 1.95. The molecule has 0 radical (unpaired) electrons. The zero-order chi connectivity index (χ0) is 14.4. The maximum Gasteiger partial charge on any atom is 0.316 e. The van der Waals surface area contributed by atoms with Crippen molar-refractivity contribution in [1.82, 2.24) is 0 Å². The number of ether oxygens (including phenoxy) is 1. The Balaban J connectivity index is 2.64. The molecule has 1 aliphatic carbocycles. The van der Waals surface area contributed by atoms with Gasteiger partial charge in [0.25, 0.3) is 0 Å². The second kappa shape index (κ2) is 7.41. The van der Waals surface area contributed by atoms with Gasteiger partial charge in [0.15, 0.2) is 0 Å². The minimum atomic E-state index is -0.887. The molecule has 0 saturated heterocycles. The van der Waals surface area contributed by atoms with Crippen LogP contribution in [0.1, 0.15) is 52.9 Å². The first-order valence-corrected chi connectivity index (χ1v) is 7.21. The van der Waals surface area contributed by atoms with E-state index in [0.29, 0.717) is 12.3 Å². The van der Waals surface area contributed by atoms with E-state index in [2.05, 4.69) is 0 Å². The van der Waals surface area contributed by atoms with E-state index in [1.165, 1.54) is 0 Å². The highest BCUT2D eigenvalue weighted by Gasteiger charge is 2.35. The molecule has 4 heteroatoms. The van der Waals surface area contributed by atoms with Gasteiger partial charge in [0.1, 0.15) is 17.5 Å². The Morgan fingerprint density at radius 2 is 1.79 bits per heavy atom. The van der Waals surface area contributed by atoms with Crippen LogP contribution in [0.2, 0.25) is 0 Å². The first-order valence-electron chi connectivity index (χ1n) is 7.21. The van der Waals surface area contributed by atoms with Crippen molar-refractivity contribution in [2.75, 3.05) is 6.61 Å². The van der Waals surface area contributed by atoms with Crippen molar-refractivity contribution in [2.45, 2.75) is 52.9 Å². The number of ketones is 2. The van der Waals surface area contributed by atoms with Crippen LogP contribution < -0.4 is 0 Å². The maximum absolute atomic E-state index is 12.1. The Bertz CT molecular complexity index is 344. The van der Waals surface area contributed by atoms with Crippen molar-refractivity contribution in [1.29, 1.82) is 0 Å². The van der Waals surface area contributed by atoms with Crippen molar-refractivity contribution in [3.05, 3.63) is 0 Å². The van der Waals surface area contributed by atoms with Crippen LogP contribution in [-0.4, -0.2) is 24.1 Å². The first-order chi connectivity index (χ1) is 8.99. The number of rotatable bonds is 9. The topological polar surface area (TPSA) is 60.4 Å². The fourth-order valence-electron chi connectivity index (χ4n) is 1.95. The lowest BCUT2D eigenvalue weighted by atomic mass is 9.89. The van der Waals surface area contributed by atoms with E-state index >= 15 is 0 Å². The first kappa shape index (κ1) is 15.9. The average molecular weight is 268 g/mol. The van der Waals surface area contributed by atoms with E-state index in [9.17, 15) is 14.4 Å². The lowest BCUT2D eigenvalue weighted by molar-refractivity contribution is -0.153. The van der Waals surface area contributed by atoms with Gasteiger partial charge in [-0.15, -0.1) is 0 Å². The second-order valence-electron chi connectivity index (χ2n) is 5.40. The van der Waals surface area contributed by atoms with Gasteiger partial charge in [0.05, 0.1) is 6.61 Å². The van der Waals surface area contributed by atoms with Crippen molar-refractivity contribution < 1.29 is 19.1 Å². The van der Waals surface area contributed by atoms with E-state index in [1.807, 2.05) is 13.8 Å². The van der Waals surface area contributed by atoms with Gasteiger partial charge in [-0.3, -0.25) is 14.4 Å². The van der Waals surface area contributed by atoms with E-state index in [0.717, 1.165) is 19.3 Å². The van der Waals surface area contributed by atoms with Gasteiger partial charge in [0, 0.05) is 18.8 Å². The minimum Gasteiger partial charge on any atom is -0.465 e. The third-order valence-corrected chi connectivity index (χ3v) is 3.71. The standard InChI is InChI=1S/C15H24O4/c1-4-10(3)13(16)9-12(15(18)19-5-2)14(17)8-11-6-7-11/h10-12H,4-9H2,1-3H3. The highest BCUT2D eigenvalue weighted by atomic mass is 16.5. The molecular formula is C15H24O4. The van der Waals surface area contributed by atoms with Crippen LogP contribution in [0.15, 0.2) is 0 Å². The summed E-state index contributed by atoms with van der Waals surface area (Å²) >= 11 is 0. The zero-order valence-corrected chi connectivity index (χ0v) is 12.1. The molecule has 0 aromatic heterocycles. The van der Waals surface area contributed by atoms with Crippen LogP contribution in [0.3, 0.4) is 0 Å². The van der Waals surface area contributed by atoms with E-state index < -0.39 is 11.9 Å². The molecular weight excluding hydrogens is 244 g/mol. The Morgan fingerprint density at radius 1 is 1.16 bits per heavy atom. The number of hydrogen-bond donors (Lipinski definition) is 0. The SMILES string of the molecule is CCOC(=O)C(CC(=O)C(C)CC)C(=O)CC1CC1. The zero-order valence-electron chi connectivity index (χ0n) is 12.1. The summed E-state index contributed by atoms with van der Waals surface area (Å²) in [5.41, 5.74) is 0. The highest BCUT2D eigenvalue weighted by molar-refractivity contribution is 6.02. The molecule has 1 aliphatic rings. The van der Waals surface area contributed by atoms with Crippen LogP contribution in [0.25, 0.3) is 0 Å². The molecule has 0 bridgehead atoms. The van der Waals surface area contributed by atoms with Crippen LogP contribution in [0.4, 0.5) is 0 Å². The summed E-state index contributed by atoms with van der Waals surface area (Å²) in [6.45, 7) is 5.70. The van der Waals surface area contributed by atoms with Crippen LogP contribution >= 0.6 is 0 Å². The quantitative estimate of drug-likeness (QED) is 0.476. The van der Waals surface area contributed by atoms with E-state index in [-0.39, 0.29) is 30.5 Å². The molecule has 0 spiro atoms. The van der Waals surface area contributed by atoms with Gasteiger partial charge in [-0.2, -0.15) is 0 Å². The molecule has 0 aliphatic heterocycles. The number of carbonyl (C=O) groups is 3. The Morgan fingerprint density at radius 3 is 2.26 bits per heavy atom. The molecule has 0 heterocycles. The molecule has 1 saturated carbocycles. The van der Waals surface area contributed by atoms with Gasteiger partial charge in [0.2, 0.25) is 0 Å². The second-order valence-corrected chi connectivity index (χ2v) is 5.40. The summed E-state index contributed by atoms with van der Waals surface area (Å²) in [7, 11) is 0. The molecule has 0 aromatic rings. The van der Waals surface area contributed by atoms with Gasteiger partial charge in [-0.1, -0.05) is 13.8 Å². The van der Waals surface area contributed by atoms with E-state index in [1.54, 1.807) is 6.92 Å². The smallest absolute Gasteiger partial charge is 0.316 e. The Labute approximate surface area is 114 Å². The van der Waals surface area contributed by atoms with Crippen LogP contribution in [0, 0.1) is 17.8 Å². The monoisotopic (exact) mass is 268 g/mol. The fraction of sp³-hybridized carbons (Fsp3) is 0.800. The summed E-state index contributed by atoms with van der Waals surface area (Å²) in [5, 5.41) is 0. The summed E-state index contributed by atoms with van der Waals surface area (Å²) in [6, 6.07) is 0. The summed E-state index contributed by atoms with van der Waals surface area (Å²) in [5.74, 6) is -1.26. The van der Waals surface area contributed by atoms with Gasteiger partial charge in [-0.05, 0) is 32.1 Å². The molecule has 4 nitrogen and oxygen atoms in total. The van der Waals surface area contributed by atoms with Crippen molar-refractivity contribution >= 4 is 17.5 Å². The summed E-state index contributed by atoms with van der Waals surface area (Å²) in [4.78, 5) is 35.9. The summed E-state index contributed by atoms with van der Waals surface area (Å²) in [6.07, 6.45) is 3.25. The number of Topliss-reactive ketones (excluding diaryl/α,β-unsaturated/α-hetero) is 2. The molecule has 1 fully saturated rings. The normalized spacial score (nSPS) is 17.6. The van der Waals surface area contributed by atoms with Crippen molar-refractivity contribution in [3.63, 3.8) is 0 Å². The van der Waals surface area contributed by atoms with Gasteiger partial charge < -0.3 is 4.74 Å². The van der Waals surface area contributed by atoms with Crippen LogP contribution in [-0.2, 0) is 19.1 Å². The molecule has 2 unspecified atom stereocenters. The Kier molecular flexibility index (Phi) is 6.19. The van der Waals surface area contributed by atoms with Crippen molar-refractivity contribution in [3.8, 4) is 0 Å². The lowest BCUT2D eigenvalue weighted by Crippen LogP contribution is -2.30. The number of hydrogen-bond acceptors (Lipinski definition) is 4. The Hall–Kier alpha value is -1.19. The largest absolute Gasteiger partial charge is 0.465 e. The molecule has 108 valence electrons. The van der Waals surface area contributed by atoms with Gasteiger partial charge in [-0.25, -0.2) is 0 Å². The molecule has 0 amide bonds.